The number of fused-ring (bicyclic) bond motifs is 9. The average molecular weight is 879 g/mol. The molecule has 2 aliphatic rings. The van der Waals surface area contributed by atoms with Crippen molar-refractivity contribution < 1.29 is 0 Å². The summed E-state index contributed by atoms with van der Waals surface area (Å²) in [5.41, 5.74) is 23.6. The predicted molar refractivity (Wildman–Crippen MR) is 288 cm³/mol. The van der Waals surface area contributed by atoms with E-state index in [1.165, 1.54) is 89.3 Å². The highest BCUT2D eigenvalue weighted by molar-refractivity contribution is 5.97. The lowest BCUT2D eigenvalue weighted by atomic mass is 9.64. The molecule has 0 saturated carbocycles. The molecule has 1 aliphatic heterocycles. The molecule has 0 aromatic heterocycles. The number of hydrogen-bond acceptors (Lipinski definition) is 2. The molecule has 1 spiro atoms. The summed E-state index contributed by atoms with van der Waals surface area (Å²) in [6.45, 7) is 0. The van der Waals surface area contributed by atoms with Crippen molar-refractivity contribution in [2.75, 3.05) is 9.80 Å². The first-order valence-corrected chi connectivity index (χ1v) is 23.8. The molecule has 324 valence electrons. The Balaban J connectivity index is 0.939. The zero-order valence-corrected chi connectivity index (χ0v) is 38.0. The SMILES string of the molecule is c1ccc(-c2ccc(-c3ccc(N(c4ccc(-c5ccc(-c6ccccc6)cc5)cc4)c4ccc5c(c4)-c4ccccc4C54c5ccccc5N(c5ccccc5)c5ccccc54)cc3)cc2)cc1. The van der Waals surface area contributed by atoms with Crippen LogP contribution in [-0.2, 0) is 5.41 Å². The lowest BCUT2D eigenvalue weighted by molar-refractivity contribution is 0.752. The minimum absolute atomic E-state index is 0.525. The molecule has 1 aliphatic carbocycles. The summed E-state index contributed by atoms with van der Waals surface area (Å²) < 4.78 is 0. The van der Waals surface area contributed by atoms with Crippen LogP contribution in [0.3, 0.4) is 0 Å². The summed E-state index contributed by atoms with van der Waals surface area (Å²) >= 11 is 0. The monoisotopic (exact) mass is 878 g/mol. The summed E-state index contributed by atoms with van der Waals surface area (Å²) in [5.74, 6) is 0. The zero-order valence-electron chi connectivity index (χ0n) is 38.0. The molecule has 0 amide bonds. The van der Waals surface area contributed by atoms with Gasteiger partial charge in [-0.15, -0.1) is 0 Å². The van der Waals surface area contributed by atoms with Crippen LogP contribution in [-0.4, -0.2) is 0 Å². The Morgan fingerprint density at radius 2 is 0.580 bits per heavy atom. The van der Waals surface area contributed by atoms with Crippen LogP contribution in [0.25, 0.3) is 55.6 Å². The van der Waals surface area contributed by atoms with Crippen molar-refractivity contribution in [3.63, 3.8) is 0 Å². The van der Waals surface area contributed by atoms with Gasteiger partial charge in [0.1, 0.15) is 0 Å². The van der Waals surface area contributed by atoms with Crippen LogP contribution >= 0.6 is 0 Å². The van der Waals surface area contributed by atoms with Crippen molar-refractivity contribution >= 4 is 34.1 Å². The molecular weight excluding hydrogens is 833 g/mol. The van der Waals surface area contributed by atoms with Crippen LogP contribution in [0.4, 0.5) is 34.1 Å². The van der Waals surface area contributed by atoms with Gasteiger partial charge in [0.25, 0.3) is 0 Å². The molecular formula is C67H46N2. The fourth-order valence-corrected chi connectivity index (χ4v) is 11.1. The van der Waals surface area contributed by atoms with E-state index in [2.05, 4.69) is 289 Å². The number of benzene rings is 11. The quantitative estimate of drug-likeness (QED) is 0.150. The van der Waals surface area contributed by atoms with E-state index < -0.39 is 5.41 Å². The normalized spacial score (nSPS) is 12.7. The molecule has 11 aromatic rings. The fourth-order valence-electron chi connectivity index (χ4n) is 11.1. The van der Waals surface area contributed by atoms with Crippen molar-refractivity contribution in [3.05, 3.63) is 301 Å². The van der Waals surface area contributed by atoms with E-state index >= 15 is 0 Å². The maximum atomic E-state index is 2.44. The average Bonchev–Trinajstić information content (AvgIpc) is 3.72. The van der Waals surface area contributed by atoms with E-state index in [9.17, 15) is 0 Å². The number of hydrogen-bond donors (Lipinski definition) is 0. The van der Waals surface area contributed by atoms with Gasteiger partial charge in [0, 0.05) is 22.7 Å². The van der Waals surface area contributed by atoms with Crippen LogP contribution < -0.4 is 9.80 Å². The Morgan fingerprint density at radius 3 is 1.04 bits per heavy atom. The minimum atomic E-state index is -0.525. The molecule has 11 aromatic carbocycles. The summed E-state index contributed by atoms with van der Waals surface area (Å²) in [6, 6.07) is 102. The van der Waals surface area contributed by atoms with Crippen LogP contribution in [0.1, 0.15) is 22.3 Å². The van der Waals surface area contributed by atoms with Crippen LogP contribution in [0.5, 0.6) is 0 Å². The van der Waals surface area contributed by atoms with Gasteiger partial charge in [-0.25, -0.2) is 0 Å². The Morgan fingerprint density at radius 1 is 0.246 bits per heavy atom. The molecule has 0 atom stereocenters. The summed E-state index contributed by atoms with van der Waals surface area (Å²) in [5, 5.41) is 0. The van der Waals surface area contributed by atoms with Crippen molar-refractivity contribution in [3.8, 4) is 55.6 Å². The lowest BCUT2D eigenvalue weighted by Gasteiger charge is -2.45. The van der Waals surface area contributed by atoms with Crippen LogP contribution in [0.15, 0.2) is 279 Å². The van der Waals surface area contributed by atoms with E-state index in [-0.39, 0.29) is 0 Å². The number of anilines is 6. The molecule has 0 fully saturated rings. The summed E-state index contributed by atoms with van der Waals surface area (Å²) in [4.78, 5) is 4.85. The topological polar surface area (TPSA) is 6.48 Å². The van der Waals surface area contributed by atoms with E-state index in [0.717, 1.165) is 22.7 Å². The van der Waals surface area contributed by atoms with Crippen molar-refractivity contribution in [2.24, 2.45) is 0 Å². The number of para-hydroxylation sites is 3. The molecule has 0 N–H and O–H groups in total. The van der Waals surface area contributed by atoms with Gasteiger partial charge in [0.15, 0.2) is 0 Å². The molecule has 0 radical (unpaired) electrons. The molecule has 0 bridgehead atoms. The van der Waals surface area contributed by atoms with Gasteiger partial charge in [-0.2, -0.15) is 0 Å². The third kappa shape index (κ3) is 6.72. The first kappa shape index (κ1) is 40.3. The van der Waals surface area contributed by atoms with Gasteiger partial charge >= 0.3 is 0 Å². The third-order valence-electron chi connectivity index (χ3n) is 14.3. The van der Waals surface area contributed by atoms with Crippen molar-refractivity contribution in [2.45, 2.75) is 5.41 Å². The second kappa shape index (κ2) is 16.7. The van der Waals surface area contributed by atoms with Gasteiger partial charge in [-0.05, 0) is 139 Å². The maximum Gasteiger partial charge on any atom is 0.0754 e. The Labute approximate surface area is 404 Å². The predicted octanol–water partition coefficient (Wildman–Crippen LogP) is 18.0. The van der Waals surface area contributed by atoms with E-state index in [0.29, 0.717) is 0 Å². The highest BCUT2D eigenvalue weighted by Gasteiger charge is 2.51. The minimum Gasteiger partial charge on any atom is -0.310 e. The largest absolute Gasteiger partial charge is 0.310 e. The number of nitrogens with zero attached hydrogens (tertiary/aromatic N) is 2. The molecule has 13 rings (SSSR count). The first-order valence-electron chi connectivity index (χ1n) is 23.8. The zero-order chi connectivity index (χ0) is 45.7. The second-order valence-corrected chi connectivity index (χ2v) is 18.0. The van der Waals surface area contributed by atoms with Gasteiger partial charge in [-0.3, -0.25) is 0 Å². The second-order valence-electron chi connectivity index (χ2n) is 18.0. The maximum absolute atomic E-state index is 2.44. The first-order chi connectivity index (χ1) is 34.2. The summed E-state index contributed by atoms with van der Waals surface area (Å²) in [6.07, 6.45) is 0. The smallest absolute Gasteiger partial charge is 0.0754 e. The number of rotatable bonds is 8. The molecule has 0 unspecified atom stereocenters. The molecule has 1 heterocycles. The Bertz CT molecular complexity index is 3450. The molecule has 0 saturated heterocycles. The molecule has 69 heavy (non-hydrogen) atoms. The van der Waals surface area contributed by atoms with Crippen molar-refractivity contribution in [1.29, 1.82) is 0 Å². The van der Waals surface area contributed by atoms with Crippen LogP contribution in [0.2, 0.25) is 0 Å². The van der Waals surface area contributed by atoms with Gasteiger partial charge in [0.05, 0.1) is 16.8 Å². The summed E-state index contributed by atoms with van der Waals surface area (Å²) in [7, 11) is 0. The Hall–Kier alpha value is -8.98. The Kier molecular flexibility index (Phi) is 9.77. The highest BCUT2D eigenvalue weighted by Crippen LogP contribution is 2.63. The standard InChI is InChI=1S/C67H46N2/c1-4-16-47(17-5-1)49-28-32-51(33-29-49)53-36-40-56(41-37-53)68(57-42-38-54(39-43-57)52-34-30-50(31-35-52)48-18-6-2-7-19-48)58-44-45-62-60(46-58)59-22-10-11-23-61(59)67(62)63-24-12-14-26-65(63)69(55-20-8-3-9-21-55)66-27-15-13-25-64(66)67/h1-46H. The van der Waals surface area contributed by atoms with Gasteiger partial charge in [0.2, 0.25) is 0 Å². The van der Waals surface area contributed by atoms with Gasteiger partial charge < -0.3 is 9.80 Å². The third-order valence-corrected chi connectivity index (χ3v) is 14.3. The van der Waals surface area contributed by atoms with Gasteiger partial charge in [-0.1, -0.05) is 218 Å². The van der Waals surface area contributed by atoms with Crippen LogP contribution in [0, 0.1) is 0 Å². The van der Waals surface area contributed by atoms with Crippen molar-refractivity contribution in [1.82, 2.24) is 0 Å². The highest BCUT2D eigenvalue weighted by atomic mass is 15.2. The van der Waals surface area contributed by atoms with E-state index in [1.54, 1.807) is 0 Å². The lowest BCUT2D eigenvalue weighted by Crippen LogP contribution is -2.36. The fraction of sp³-hybridized carbons (Fsp3) is 0.0149. The molecule has 2 heteroatoms. The molecule has 2 nitrogen and oxygen atoms in total. The van der Waals surface area contributed by atoms with E-state index in [1.807, 2.05) is 0 Å². The van der Waals surface area contributed by atoms with E-state index in [4.69, 9.17) is 0 Å².